The second kappa shape index (κ2) is 6.29. The molecule has 0 radical (unpaired) electrons. The summed E-state index contributed by atoms with van der Waals surface area (Å²) in [6.07, 6.45) is 2.55. The average molecular weight is 321 g/mol. The van der Waals surface area contributed by atoms with Crippen molar-refractivity contribution >= 4 is 39.3 Å². The zero-order valence-electron chi connectivity index (χ0n) is 9.01. The maximum Gasteiger partial charge on any atom is 0.0462 e. The van der Waals surface area contributed by atoms with Crippen molar-refractivity contribution in [2.24, 2.45) is 0 Å². The van der Waals surface area contributed by atoms with Crippen LogP contribution in [-0.2, 0) is 6.54 Å². The number of benzene rings is 1. The van der Waals surface area contributed by atoms with Gasteiger partial charge < -0.3 is 5.32 Å². The summed E-state index contributed by atoms with van der Waals surface area (Å²) in [6.45, 7) is 0.876. The lowest BCUT2D eigenvalue weighted by atomic mass is 10.1. The van der Waals surface area contributed by atoms with Gasteiger partial charge >= 0.3 is 0 Å². The monoisotopic (exact) mass is 319 g/mol. The number of thioether (sulfide) groups is 1. The first-order valence-electron chi connectivity index (χ1n) is 5.51. The summed E-state index contributed by atoms with van der Waals surface area (Å²) in [5.74, 6) is 2.57. The van der Waals surface area contributed by atoms with Gasteiger partial charge in [0, 0.05) is 22.1 Å². The smallest absolute Gasteiger partial charge is 0.0462 e. The van der Waals surface area contributed by atoms with Crippen molar-refractivity contribution in [3.63, 3.8) is 0 Å². The fourth-order valence-corrected chi connectivity index (χ4v) is 3.67. The van der Waals surface area contributed by atoms with Crippen LogP contribution in [0.5, 0.6) is 0 Å². The third kappa shape index (κ3) is 3.66. The van der Waals surface area contributed by atoms with E-state index in [1.807, 2.05) is 12.1 Å². The van der Waals surface area contributed by atoms with Gasteiger partial charge in [0.25, 0.3) is 0 Å². The van der Waals surface area contributed by atoms with E-state index in [0.29, 0.717) is 6.04 Å². The maximum absolute atomic E-state index is 6.17. The summed E-state index contributed by atoms with van der Waals surface area (Å²) in [4.78, 5) is 0. The summed E-state index contributed by atoms with van der Waals surface area (Å²) in [5.41, 5.74) is 1.18. The van der Waals surface area contributed by atoms with E-state index in [0.717, 1.165) is 16.0 Å². The molecule has 1 heterocycles. The van der Waals surface area contributed by atoms with Crippen LogP contribution in [0.15, 0.2) is 22.7 Å². The van der Waals surface area contributed by atoms with E-state index in [-0.39, 0.29) is 0 Å². The van der Waals surface area contributed by atoms with Crippen LogP contribution in [0.3, 0.4) is 0 Å². The molecular weight excluding hydrogens is 306 g/mol. The highest BCUT2D eigenvalue weighted by atomic mass is 79.9. The molecule has 0 bridgehead atoms. The van der Waals surface area contributed by atoms with Crippen molar-refractivity contribution in [1.29, 1.82) is 0 Å². The lowest BCUT2D eigenvalue weighted by molar-refractivity contribution is 0.482. The van der Waals surface area contributed by atoms with Crippen molar-refractivity contribution in [3.8, 4) is 0 Å². The van der Waals surface area contributed by atoms with Gasteiger partial charge in [-0.1, -0.05) is 33.6 Å². The molecule has 1 aliphatic heterocycles. The maximum atomic E-state index is 6.17. The zero-order valence-corrected chi connectivity index (χ0v) is 12.2. The van der Waals surface area contributed by atoms with Crippen LogP contribution in [0.2, 0.25) is 5.02 Å². The molecule has 4 heteroatoms. The second-order valence-electron chi connectivity index (χ2n) is 4.00. The summed E-state index contributed by atoms with van der Waals surface area (Å²) in [7, 11) is 0. The van der Waals surface area contributed by atoms with Crippen molar-refractivity contribution in [1.82, 2.24) is 5.32 Å². The van der Waals surface area contributed by atoms with Crippen LogP contribution in [-0.4, -0.2) is 17.5 Å². The zero-order chi connectivity index (χ0) is 11.4. The SMILES string of the molecule is Clc1cc(Br)ccc1CNC1CCSCC1. The summed E-state index contributed by atoms with van der Waals surface area (Å²) in [6, 6.07) is 6.74. The first-order valence-corrected chi connectivity index (χ1v) is 7.83. The molecule has 1 saturated heterocycles. The Bertz CT molecular complexity index is 353. The third-order valence-corrected chi connectivity index (χ3v) is 4.71. The largest absolute Gasteiger partial charge is 0.310 e. The molecule has 1 nitrogen and oxygen atoms in total. The van der Waals surface area contributed by atoms with Crippen LogP contribution in [0.1, 0.15) is 18.4 Å². The molecule has 0 unspecified atom stereocenters. The molecule has 16 heavy (non-hydrogen) atoms. The Morgan fingerprint density at radius 2 is 2.12 bits per heavy atom. The average Bonchev–Trinajstić information content (AvgIpc) is 2.29. The first-order chi connectivity index (χ1) is 7.75. The molecule has 0 atom stereocenters. The lowest BCUT2D eigenvalue weighted by Gasteiger charge is -2.22. The van der Waals surface area contributed by atoms with Gasteiger partial charge in [0.05, 0.1) is 0 Å². The van der Waals surface area contributed by atoms with Crippen LogP contribution in [0.25, 0.3) is 0 Å². The molecule has 88 valence electrons. The third-order valence-electron chi connectivity index (χ3n) is 2.82. The fourth-order valence-electron chi connectivity index (χ4n) is 1.82. The first kappa shape index (κ1) is 12.7. The number of halogens is 2. The molecule has 0 aromatic heterocycles. The van der Waals surface area contributed by atoms with Gasteiger partial charge in [0.1, 0.15) is 0 Å². The minimum absolute atomic E-state index is 0.668. The predicted octanol–water partition coefficient (Wildman–Crippen LogP) is 4.09. The van der Waals surface area contributed by atoms with Gasteiger partial charge in [-0.15, -0.1) is 0 Å². The molecule has 0 amide bonds. The van der Waals surface area contributed by atoms with Gasteiger partial charge in [0.15, 0.2) is 0 Å². The molecule has 0 saturated carbocycles. The van der Waals surface area contributed by atoms with E-state index < -0.39 is 0 Å². The van der Waals surface area contributed by atoms with Crippen molar-refractivity contribution in [3.05, 3.63) is 33.3 Å². The summed E-state index contributed by atoms with van der Waals surface area (Å²) in [5, 5.41) is 4.42. The van der Waals surface area contributed by atoms with Crippen LogP contribution in [0, 0.1) is 0 Å². The lowest BCUT2D eigenvalue weighted by Crippen LogP contribution is -2.32. The Balaban J connectivity index is 1.88. The molecule has 1 fully saturated rings. The van der Waals surface area contributed by atoms with E-state index in [9.17, 15) is 0 Å². The molecule has 2 rings (SSSR count). The highest BCUT2D eigenvalue weighted by Gasteiger charge is 2.13. The van der Waals surface area contributed by atoms with Gasteiger partial charge in [0.2, 0.25) is 0 Å². The Hall–Kier alpha value is 0.300. The molecule has 1 aromatic rings. The van der Waals surface area contributed by atoms with Gasteiger partial charge in [-0.2, -0.15) is 11.8 Å². The van der Waals surface area contributed by atoms with E-state index >= 15 is 0 Å². The minimum Gasteiger partial charge on any atom is -0.310 e. The summed E-state index contributed by atoms with van der Waals surface area (Å²) < 4.78 is 1.04. The Morgan fingerprint density at radius 1 is 1.38 bits per heavy atom. The molecular formula is C12H15BrClNS. The summed E-state index contributed by atoms with van der Waals surface area (Å²) >= 11 is 11.6. The Kier molecular flexibility index (Phi) is 5.01. The molecule has 1 aliphatic rings. The second-order valence-corrected chi connectivity index (χ2v) is 6.55. The van der Waals surface area contributed by atoms with E-state index in [4.69, 9.17) is 11.6 Å². The van der Waals surface area contributed by atoms with E-state index in [2.05, 4.69) is 39.1 Å². The van der Waals surface area contributed by atoms with Crippen LogP contribution in [0.4, 0.5) is 0 Å². The van der Waals surface area contributed by atoms with Gasteiger partial charge in [-0.25, -0.2) is 0 Å². The standard InChI is InChI=1S/C12H15BrClNS/c13-10-2-1-9(12(14)7-10)8-15-11-3-5-16-6-4-11/h1-2,7,11,15H,3-6,8H2. The number of rotatable bonds is 3. The molecule has 1 N–H and O–H groups in total. The van der Waals surface area contributed by atoms with Gasteiger partial charge in [-0.3, -0.25) is 0 Å². The van der Waals surface area contributed by atoms with E-state index in [1.165, 1.54) is 29.9 Å². The molecule has 0 aliphatic carbocycles. The van der Waals surface area contributed by atoms with Gasteiger partial charge in [-0.05, 0) is 42.0 Å². The Labute approximate surface area is 114 Å². The van der Waals surface area contributed by atoms with Crippen molar-refractivity contribution < 1.29 is 0 Å². The predicted molar refractivity (Wildman–Crippen MR) is 76.3 cm³/mol. The van der Waals surface area contributed by atoms with Crippen LogP contribution >= 0.6 is 39.3 Å². The number of hydrogen-bond donors (Lipinski definition) is 1. The highest BCUT2D eigenvalue weighted by molar-refractivity contribution is 9.10. The topological polar surface area (TPSA) is 12.0 Å². The van der Waals surface area contributed by atoms with E-state index in [1.54, 1.807) is 0 Å². The van der Waals surface area contributed by atoms with Crippen molar-refractivity contribution in [2.75, 3.05) is 11.5 Å². The number of hydrogen-bond acceptors (Lipinski definition) is 2. The molecule has 0 spiro atoms. The minimum atomic E-state index is 0.668. The quantitative estimate of drug-likeness (QED) is 0.900. The highest BCUT2D eigenvalue weighted by Crippen LogP contribution is 2.22. The normalized spacial score (nSPS) is 17.6. The number of nitrogens with one attached hydrogen (secondary N) is 1. The fraction of sp³-hybridized carbons (Fsp3) is 0.500. The Morgan fingerprint density at radius 3 is 2.81 bits per heavy atom. The van der Waals surface area contributed by atoms with Crippen molar-refractivity contribution in [2.45, 2.75) is 25.4 Å². The molecule has 1 aromatic carbocycles. The van der Waals surface area contributed by atoms with Crippen LogP contribution < -0.4 is 5.32 Å².